The standard InChI is InChI=1S/C11H18N2S/c1-5-13(6-2)14-11-7-9(3)8-12-10(11)4/h7-8H,5-6H2,1-4H3. The third-order valence-corrected chi connectivity index (χ3v) is 3.49. The van der Waals surface area contributed by atoms with Gasteiger partial charge in [-0.2, -0.15) is 0 Å². The maximum Gasteiger partial charge on any atom is 0.0521 e. The van der Waals surface area contributed by atoms with Crippen molar-refractivity contribution >= 4 is 11.9 Å². The number of rotatable bonds is 4. The van der Waals surface area contributed by atoms with Crippen molar-refractivity contribution in [2.24, 2.45) is 0 Å². The molecular formula is C11H18N2S. The van der Waals surface area contributed by atoms with Gasteiger partial charge in [-0.15, -0.1) is 0 Å². The van der Waals surface area contributed by atoms with Crippen molar-refractivity contribution in [1.82, 2.24) is 9.29 Å². The fourth-order valence-corrected chi connectivity index (χ4v) is 2.15. The van der Waals surface area contributed by atoms with Gasteiger partial charge < -0.3 is 0 Å². The third-order valence-electron chi connectivity index (χ3n) is 2.11. The van der Waals surface area contributed by atoms with E-state index in [1.807, 2.05) is 6.20 Å². The number of pyridine rings is 1. The van der Waals surface area contributed by atoms with E-state index in [0.29, 0.717) is 0 Å². The molecule has 0 fully saturated rings. The van der Waals surface area contributed by atoms with Gasteiger partial charge in [0, 0.05) is 24.2 Å². The first-order valence-electron chi connectivity index (χ1n) is 5.03. The largest absolute Gasteiger partial charge is 0.260 e. The van der Waals surface area contributed by atoms with Crippen molar-refractivity contribution in [3.8, 4) is 0 Å². The summed E-state index contributed by atoms with van der Waals surface area (Å²) >= 11 is 1.80. The lowest BCUT2D eigenvalue weighted by Crippen LogP contribution is -2.14. The molecule has 0 saturated carbocycles. The minimum atomic E-state index is 1.06. The number of aryl methyl sites for hydroxylation is 2. The molecule has 0 aliphatic rings. The molecule has 0 saturated heterocycles. The molecule has 1 heterocycles. The van der Waals surface area contributed by atoms with E-state index in [-0.39, 0.29) is 0 Å². The zero-order chi connectivity index (χ0) is 10.6. The van der Waals surface area contributed by atoms with E-state index in [0.717, 1.165) is 18.8 Å². The van der Waals surface area contributed by atoms with E-state index < -0.39 is 0 Å². The van der Waals surface area contributed by atoms with Crippen molar-refractivity contribution < 1.29 is 0 Å². The Kier molecular flexibility index (Phi) is 4.42. The molecule has 0 aliphatic heterocycles. The molecule has 1 rings (SSSR count). The van der Waals surface area contributed by atoms with Crippen LogP contribution in [0.2, 0.25) is 0 Å². The molecule has 1 aromatic heterocycles. The molecule has 0 atom stereocenters. The molecule has 0 N–H and O–H groups in total. The lowest BCUT2D eigenvalue weighted by Gasteiger charge is -2.17. The van der Waals surface area contributed by atoms with E-state index in [9.17, 15) is 0 Å². The zero-order valence-electron chi connectivity index (χ0n) is 9.37. The first-order chi connectivity index (χ1) is 6.67. The van der Waals surface area contributed by atoms with E-state index in [2.05, 4.69) is 43.1 Å². The average Bonchev–Trinajstić information content (AvgIpc) is 2.19. The molecule has 0 aromatic carbocycles. The van der Waals surface area contributed by atoms with Crippen LogP contribution in [0.15, 0.2) is 17.2 Å². The molecule has 0 aliphatic carbocycles. The van der Waals surface area contributed by atoms with Gasteiger partial charge in [0.2, 0.25) is 0 Å². The Balaban J connectivity index is 2.79. The molecule has 3 heteroatoms. The van der Waals surface area contributed by atoms with Gasteiger partial charge >= 0.3 is 0 Å². The van der Waals surface area contributed by atoms with Crippen molar-refractivity contribution in [3.63, 3.8) is 0 Å². The minimum Gasteiger partial charge on any atom is -0.260 e. The topological polar surface area (TPSA) is 16.1 Å². The van der Waals surface area contributed by atoms with E-state index in [1.54, 1.807) is 11.9 Å². The van der Waals surface area contributed by atoms with Crippen LogP contribution in [0.4, 0.5) is 0 Å². The minimum absolute atomic E-state index is 1.06. The summed E-state index contributed by atoms with van der Waals surface area (Å²) in [5.41, 5.74) is 2.35. The van der Waals surface area contributed by atoms with Crippen molar-refractivity contribution in [2.75, 3.05) is 13.1 Å². The smallest absolute Gasteiger partial charge is 0.0521 e. The number of hydrogen-bond donors (Lipinski definition) is 0. The molecule has 0 spiro atoms. The first kappa shape index (κ1) is 11.5. The Morgan fingerprint density at radius 2 is 1.93 bits per heavy atom. The SMILES string of the molecule is CCN(CC)Sc1cc(C)cnc1C. The Bertz CT molecular complexity index is 295. The summed E-state index contributed by atoms with van der Waals surface area (Å²) in [6.45, 7) is 10.6. The second-order valence-corrected chi connectivity index (χ2v) is 4.44. The van der Waals surface area contributed by atoms with Crippen LogP contribution < -0.4 is 0 Å². The monoisotopic (exact) mass is 210 g/mol. The molecule has 78 valence electrons. The lowest BCUT2D eigenvalue weighted by atomic mass is 10.3. The molecule has 0 radical (unpaired) electrons. The fraction of sp³-hybridized carbons (Fsp3) is 0.545. The Morgan fingerprint density at radius 3 is 2.50 bits per heavy atom. The summed E-state index contributed by atoms with van der Waals surface area (Å²) in [5, 5.41) is 0. The van der Waals surface area contributed by atoms with Gasteiger partial charge in [0.05, 0.1) is 5.69 Å². The van der Waals surface area contributed by atoms with Crippen LogP contribution in [0, 0.1) is 13.8 Å². The maximum absolute atomic E-state index is 4.35. The normalized spacial score (nSPS) is 10.9. The third kappa shape index (κ3) is 3.00. The average molecular weight is 210 g/mol. The Labute approximate surface area is 90.9 Å². The summed E-state index contributed by atoms with van der Waals surface area (Å²) in [7, 11) is 0. The predicted octanol–water partition coefficient (Wildman–Crippen LogP) is 3.05. The van der Waals surface area contributed by atoms with Crippen LogP contribution in [0.3, 0.4) is 0 Å². The van der Waals surface area contributed by atoms with Crippen LogP contribution >= 0.6 is 11.9 Å². The first-order valence-corrected chi connectivity index (χ1v) is 5.80. The molecule has 1 aromatic rings. The van der Waals surface area contributed by atoms with Crippen molar-refractivity contribution in [2.45, 2.75) is 32.6 Å². The van der Waals surface area contributed by atoms with Crippen molar-refractivity contribution in [1.29, 1.82) is 0 Å². The van der Waals surface area contributed by atoms with Gasteiger partial charge in [-0.3, -0.25) is 4.98 Å². The molecule has 14 heavy (non-hydrogen) atoms. The molecule has 2 nitrogen and oxygen atoms in total. The second-order valence-electron chi connectivity index (χ2n) is 3.30. The fourth-order valence-electron chi connectivity index (χ4n) is 1.19. The Morgan fingerprint density at radius 1 is 1.29 bits per heavy atom. The van der Waals surface area contributed by atoms with Crippen LogP contribution in [0.25, 0.3) is 0 Å². The number of aromatic nitrogens is 1. The molecule has 0 bridgehead atoms. The zero-order valence-corrected chi connectivity index (χ0v) is 10.2. The highest BCUT2D eigenvalue weighted by Crippen LogP contribution is 2.24. The highest BCUT2D eigenvalue weighted by Gasteiger charge is 2.05. The van der Waals surface area contributed by atoms with Gasteiger partial charge in [0.1, 0.15) is 0 Å². The molecular weight excluding hydrogens is 192 g/mol. The summed E-state index contributed by atoms with van der Waals surface area (Å²) in [4.78, 5) is 5.62. The van der Waals surface area contributed by atoms with Crippen LogP contribution in [-0.2, 0) is 0 Å². The maximum atomic E-state index is 4.35. The van der Waals surface area contributed by atoms with Gasteiger partial charge in [0.25, 0.3) is 0 Å². The van der Waals surface area contributed by atoms with Gasteiger partial charge in [-0.1, -0.05) is 13.8 Å². The lowest BCUT2D eigenvalue weighted by molar-refractivity contribution is 0.524. The van der Waals surface area contributed by atoms with E-state index in [4.69, 9.17) is 0 Å². The summed E-state index contributed by atoms with van der Waals surface area (Å²) < 4.78 is 2.32. The molecule has 0 amide bonds. The van der Waals surface area contributed by atoms with Crippen LogP contribution in [0.1, 0.15) is 25.1 Å². The number of hydrogen-bond acceptors (Lipinski definition) is 3. The highest BCUT2D eigenvalue weighted by atomic mass is 32.2. The predicted molar refractivity (Wildman–Crippen MR) is 62.5 cm³/mol. The van der Waals surface area contributed by atoms with Gasteiger partial charge in [0.15, 0.2) is 0 Å². The van der Waals surface area contributed by atoms with Crippen molar-refractivity contribution in [3.05, 3.63) is 23.5 Å². The van der Waals surface area contributed by atoms with Gasteiger partial charge in [-0.05, 0) is 37.4 Å². The van der Waals surface area contributed by atoms with Crippen LogP contribution in [0.5, 0.6) is 0 Å². The molecule has 0 unspecified atom stereocenters. The van der Waals surface area contributed by atoms with Gasteiger partial charge in [-0.25, -0.2) is 4.31 Å². The van der Waals surface area contributed by atoms with E-state index >= 15 is 0 Å². The van der Waals surface area contributed by atoms with Crippen LogP contribution in [-0.4, -0.2) is 22.4 Å². The van der Waals surface area contributed by atoms with E-state index in [1.165, 1.54) is 10.5 Å². The summed E-state index contributed by atoms with van der Waals surface area (Å²) in [5.74, 6) is 0. The second kappa shape index (κ2) is 5.37. The quantitative estimate of drug-likeness (QED) is 0.711. The Hall–Kier alpha value is -0.540. The summed E-state index contributed by atoms with van der Waals surface area (Å²) in [6, 6.07) is 2.20. The highest BCUT2D eigenvalue weighted by molar-refractivity contribution is 7.97. The summed E-state index contributed by atoms with van der Waals surface area (Å²) in [6.07, 6.45) is 1.92. The number of nitrogens with zero attached hydrogens (tertiary/aromatic N) is 2.